The van der Waals surface area contributed by atoms with E-state index in [0.29, 0.717) is 0 Å². The molecule has 2 heterocycles. The topological polar surface area (TPSA) is 40.0 Å². The number of methoxy groups -OCH3 is 1. The molecular formula is C14H15F2NO3S. The molecule has 2 aliphatic heterocycles. The maximum atomic E-state index is 12.3. The number of oxime groups is 1. The van der Waals surface area contributed by atoms with Crippen LogP contribution in [0.2, 0.25) is 0 Å². The van der Waals surface area contributed by atoms with Crippen molar-refractivity contribution in [2.45, 2.75) is 25.1 Å². The summed E-state index contributed by atoms with van der Waals surface area (Å²) in [7, 11) is 1.42. The Labute approximate surface area is 125 Å². The van der Waals surface area contributed by atoms with E-state index in [1.807, 2.05) is 11.8 Å². The maximum absolute atomic E-state index is 12.3. The van der Waals surface area contributed by atoms with Crippen molar-refractivity contribution in [2.24, 2.45) is 5.16 Å². The quantitative estimate of drug-likeness (QED) is 0.855. The van der Waals surface area contributed by atoms with Crippen LogP contribution in [0.25, 0.3) is 0 Å². The molecular weight excluding hydrogens is 300 g/mol. The normalized spacial score (nSPS) is 24.3. The number of hydrogen-bond donors (Lipinski definition) is 0. The highest BCUT2D eigenvalue weighted by Gasteiger charge is 2.42. The van der Waals surface area contributed by atoms with E-state index in [0.717, 1.165) is 35.6 Å². The Morgan fingerprint density at radius 1 is 1.38 bits per heavy atom. The molecule has 0 N–H and O–H groups in total. The van der Waals surface area contributed by atoms with Crippen LogP contribution < -0.4 is 9.47 Å². The van der Waals surface area contributed by atoms with Gasteiger partial charge in [-0.25, -0.2) is 0 Å². The highest BCUT2D eigenvalue weighted by atomic mass is 32.2. The molecule has 1 unspecified atom stereocenters. The van der Waals surface area contributed by atoms with Gasteiger partial charge in [-0.05, 0) is 24.0 Å². The molecule has 0 aromatic heterocycles. The largest absolute Gasteiger partial charge is 0.493 e. The fourth-order valence-electron chi connectivity index (χ4n) is 2.52. The van der Waals surface area contributed by atoms with E-state index in [1.54, 1.807) is 12.1 Å². The van der Waals surface area contributed by atoms with Gasteiger partial charge in [-0.15, -0.1) is 0 Å². The number of hydrogen-bond acceptors (Lipinski definition) is 5. The van der Waals surface area contributed by atoms with Crippen molar-refractivity contribution in [1.29, 1.82) is 0 Å². The van der Waals surface area contributed by atoms with Crippen LogP contribution in [0, 0.1) is 0 Å². The van der Waals surface area contributed by atoms with Gasteiger partial charge in [0, 0.05) is 24.2 Å². The zero-order valence-electron chi connectivity index (χ0n) is 11.5. The summed E-state index contributed by atoms with van der Waals surface area (Å²) >= 11 is 1.86. The van der Waals surface area contributed by atoms with Crippen LogP contribution in [0.3, 0.4) is 0 Å². The van der Waals surface area contributed by atoms with Crippen molar-refractivity contribution in [3.05, 3.63) is 23.8 Å². The predicted molar refractivity (Wildman–Crippen MR) is 76.5 cm³/mol. The average Bonchev–Trinajstić information content (AvgIpc) is 3.09. The first-order chi connectivity index (χ1) is 10.1. The number of alkyl halides is 2. The van der Waals surface area contributed by atoms with Gasteiger partial charge in [-0.2, -0.15) is 20.5 Å². The van der Waals surface area contributed by atoms with E-state index in [9.17, 15) is 8.78 Å². The van der Waals surface area contributed by atoms with Crippen LogP contribution in [-0.2, 0) is 4.84 Å². The Kier molecular flexibility index (Phi) is 3.93. The second-order valence-electron chi connectivity index (χ2n) is 5.04. The summed E-state index contributed by atoms with van der Waals surface area (Å²) in [4.78, 5) is 5.61. The SMILES string of the molecule is COc1cc(C2=NOC3(CCSC3)C2)ccc1OC(F)F. The van der Waals surface area contributed by atoms with Gasteiger partial charge in [-0.3, -0.25) is 0 Å². The first kappa shape index (κ1) is 14.4. The summed E-state index contributed by atoms with van der Waals surface area (Å²) in [6.07, 6.45) is 1.71. The minimum atomic E-state index is -2.88. The highest BCUT2D eigenvalue weighted by Crippen LogP contribution is 2.40. The average molecular weight is 315 g/mol. The van der Waals surface area contributed by atoms with E-state index in [4.69, 9.17) is 9.57 Å². The zero-order chi connectivity index (χ0) is 14.9. The first-order valence-electron chi connectivity index (χ1n) is 6.58. The fraction of sp³-hybridized carbons (Fsp3) is 0.500. The van der Waals surface area contributed by atoms with Crippen LogP contribution in [0.4, 0.5) is 8.78 Å². The number of ether oxygens (including phenoxy) is 2. The minimum absolute atomic E-state index is 0.0156. The third-order valence-corrected chi connectivity index (χ3v) is 4.84. The summed E-state index contributed by atoms with van der Waals surface area (Å²) in [6, 6.07) is 4.82. The molecule has 4 nitrogen and oxygen atoms in total. The Morgan fingerprint density at radius 2 is 2.24 bits per heavy atom. The third-order valence-electron chi connectivity index (χ3n) is 3.62. The summed E-state index contributed by atoms with van der Waals surface area (Å²) in [6.45, 7) is -2.88. The molecule has 3 rings (SSSR count). The molecule has 1 aromatic carbocycles. The Morgan fingerprint density at radius 3 is 2.90 bits per heavy atom. The number of halogens is 2. The Bertz CT molecular complexity index is 559. The Hall–Kier alpha value is -1.50. The van der Waals surface area contributed by atoms with Crippen LogP contribution in [0.1, 0.15) is 18.4 Å². The van der Waals surface area contributed by atoms with E-state index in [2.05, 4.69) is 9.89 Å². The van der Waals surface area contributed by atoms with Gasteiger partial charge in [0.1, 0.15) is 0 Å². The molecule has 0 bridgehead atoms. The van der Waals surface area contributed by atoms with Gasteiger partial charge < -0.3 is 14.3 Å². The van der Waals surface area contributed by atoms with Crippen molar-refractivity contribution in [3.8, 4) is 11.5 Å². The van der Waals surface area contributed by atoms with Crippen molar-refractivity contribution in [1.82, 2.24) is 0 Å². The summed E-state index contributed by atoms with van der Waals surface area (Å²) in [5.41, 5.74) is 1.44. The van der Waals surface area contributed by atoms with Gasteiger partial charge in [0.05, 0.1) is 12.8 Å². The molecule has 1 atom stereocenters. The monoisotopic (exact) mass is 315 g/mol. The first-order valence-corrected chi connectivity index (χ1v) is 7.73. The number of benzene rings is 1. The lowest BCUT2D eigenvalue weighted by Gasteiger charge is -2.18. The fourth-order valence-corrected chi connectivity index (χ4v) is 3.85. The van der Waals surface area contributed by atoms with Gasteiger partial charge >= 0.3 is 6.61 Å². The summed E-state index contributed by atoms with van der Waals surface area (Å²) < 4.78 is 34.1. The molecule has 2 aliphatic rings. The molecule has 114 valence electrons. The van der Waals surface area contributed by atoms with E-state index >= 15 is 0 Å². The molecule has 0 radical (unpaired) electrons. The number of thioether (sulfide) groups is 1. The molecule has 1 fully saturated rings. The molecule has 21 heavy (non-hydrogen) atoms. The molecule has 1 spiro atoms. The van der Waals surface area contributed by atoms with Crippen molar-refractivity contribution >= 4 is 17.5 Å². The lowest BCUT2D eigenvalue weighted by atomic mass is 9.93. The molecule has 0 aliphatic carbocycles. The third kappa shape index (κ3) is 2.92. The van der Waals surface area contributed by atoms with Crippen molar-refractivity contribution in [2.75, 3.05) is 18.6 Å². The number of nitrogens with zero attached hydrogens (tertiary/aromatic N) is 1. The molecule has 1 aromatic rings. The van der Waals surface area contributed by atoms with E-state index < -0.39 is 6.61 Å². The number of rotatable bonds is 4. The van der Waals surface area contributed by atoms with Gasteiger partial charge in [0.25, 0.3) is 0 Å². The van der Waals surface area contributed by atoms with Gasteiger partial charge in [0.2, 0.25) is 0 Å². The molecule has 1 saturated heterocycles. The highest BCUT2D eigenvalue weighted by molar-refractivity contribution is 7.99. The molecule has 7 heteroatoms. The van der Waals surface area contributed by atoms with Gasteiger partial charge in [-0.1, -0.05) is 5.16 Å². The lowest BCUT2D eigenvalue weighted by Crippen LogP contribution is -2.28. The summed E-state index contributed by atoms with van der Waals surface area (Å²) in [5.74, 6) is 2.29. The lowest BCUT2D eigenvalue weighted by molar-refractivity contribution is -0.0512. The van der Waals surface area contributed by atoms with Gasteiger partial charge in [0.15, 0.2) is 17.1 Å². The maximum Gasteiger partial charge on any atom is 0.387 e. The van der Waals surface area contributed by atoms with E-state index in [-0.39, 0.29) is 17.1 Å². The standard InChI is InChI=1S/C14H15F2NO3S/c1-18-12-6-9(2-3-11(12)19-13(15)16)10-7-14(20-17-10)4-5-21-8-14/h2-3,6,13H,4-5,7-8H2,1H3. The molecule has 0 amide bonds. The molecule has 0 saturated carbocycles. The second-order valence-corrected chi connectivity index (χ2v) is 6.14. The predicted octanol–water partition coefficient (Wildman–Crippen LogP) is 3.30. The second kappa shape index (κ2) is 5.71. The van der Waals surface area contributed by atoms with Crippen LogP contribution >= 0.6 is 11.8 Å². The van der Waals surface area contributed by atoms with Crippen LogP contribution in [-0.4, -0.2) is 36.5 Å². The van der Waals surface area contributed by atoms with Crippen LogP contribution in [0.15, 0.2) is 23.4 Å². The summed E-state index contributed by atoms with van der Waals surface area (Å²) in [5, 5.41) is 4.17. The smallest absolute Gasteiger partial charge is 0.387 e. The van der Waals surface area contributed by atoms with E-state index in [1.165, 1.54) is 13.2 Å². The van der Waals surface area contributed by atoms with Crippen molar-refractivity contribution in [3.63, 3.8) is 0 Å². The van der Waals surface area contributed by atoms with Crippen LogP contribution in [0.5, 0.6) is 11.5 Å². The van der Waals surface area contributed by atoms with Crippen molar-refractivity contribution < 1.29 is 23.1 Å². The zero-order valence-corrected chi connectivity index (χ0v) is 12.3. The Balaban J connectivity index is 1.80. The minimum Gasteiger partial charge on any atom is -0.493 e.